The van der Waals surface area contributed by atoms with Crippen molar-refractivity contribution in [1.82, 2.24) is 36.9 Å². The molecule has 0 aliphatic rings. The summed E-state index contributed by atoms with van der Waals surface area (Å²) in [6.07, 6.45) is 0. The average molecular weight is 1730 g/mol. The molecule has 0 amide bonds. The van der Waals surface area contributed by atoms with E-state index in [1.807, 2.05) is 0 Å². The van der Waals surface area contributed by atoms with Gasteiger partial charge in [-0.05, 0) is 0 Å². The Morgan fingerprint density at radius 1 is 0.222 bits per heavy atom. The molecule has 24 N–H and O–H groups in total. The van der Waals surface area contributed by atoms with E-state index in [9.17, 15) is 0 Å². The van der Waals surface area contributed by atoms with Crippen molar-refractivity contribution in [2.45, 2.75) is 0 Å². The first-order valence-electron chi connectivity index (χ1n) is 2.87. The van der Waals surface area contributed by atoms with Gasteiger partial charge in [0, 0.05) is 0 Å². The molecule has 24 nitrogen and oxygen atoms in total. The fraction of sp³-hybridized carbons (Fsp3) is 0. The van der Waals surface area contributed by atoms with Gasteiger partial charge in [-0.3, -0.25) is 0 Å². The summed E-state index contributed by atoms with van der Waals surface area (Å²) in [6, 6.07) is 0. The second-order valence-electron chi connectivity index (χ2n) is 1.21. The summed E-state index contributed by atoms with van der Waals surface area (Å²) in [7, 11) is 0. The number of hydrogen-bond acceptors (Lipinski definition) is 18. The van der Waals surface area contributed by atoms with Crippen LogP contribution in [-0.4, -0.2) is 23.0 Å². The van der Waals surface area contributed by atoms with Gasteiger partial charge in [0.05, 0.1) is 0 Å². The van der Waals surface area contributed by atoms with Gasteiger partial charge >= 0.3 is 167 Å². The van der Waals surface area contributed by atoms with Gasteiger partial charge in [-0.2, -0.15) is 0 Å². The summed E-state index contributed by atoms with van der Waals surface area (Å²) in [6.45, 7) is 0. The molecule has 0 rings (SSSR count). The Kier molecular flexibility index (Phi) is 421. The Morgan fingerprint density at radius 2 is 0.222 bits per heavy atom. The first-order valence-corrected chi connectivity index (χ1v) is 23.5. The molecule has 0 fully saturated rings. The van der Waals surface area contributed by atoms with Crippen molar-refractivity contribution < 1.29 is 167 Å². The molecule has 0 heterocycles. The van der Waals surface area contributed by atoms with Crippen LogP contribution in [-0.2, 0) is 144 Å². The van der Waals surface area contributed by atoms with Crippen LogP contribution in [0.2, 0.25) is 0 Å². The van der Waals surface area contributed by atoms with E-state index < -0.39 is 102 Å². The van der Waals surface area contributed by atoms with E-state index in [0.29, 0.717) is 0 Å². The maximum absolute atomic E-state index is 8.71. The SMILES string of the molecule is Cl.Cl.Cl.Cl.Cl.Cl.N.N.N.N.N.N.[O]=[Re](=[O])[OH].[O]=[Re](=[O])[OH].[O]=[Re](=[O])[OH].[O]=[Re](=[O])[OH].[O]=[Re](=[O])[OH].[O]=[Re](=[O])[OH]. The monoisotopic (exact) mass is 1730 g/mol. The van der Waals surface area contributed by atoms with Crippen LogP contribution in [0, 0.1) is 0 Å². The Hall–Kier alpha value is 2.83. The summed E-state index contributed by atoms with van der Waals surface area (Å²) < 4.78 is 147. The van der Waals surface area contributed by atoms with E-state index in [2.05, 4.69) is 0 Å². The molecule has 252 valence electrons. The van der Waals surface area contributed by atoms with Gasteiger partial charge in [0.25, 0.3) is 0 Å². The van der Waals surface area contributed by atoms with Gasteiger partial charge < -0.3 is 36.9 Å². The molecule has 36 heteroatoms. The second kappa shape index (κ2) is 118. The average Bonchev–Trinajstić information content (AvgIpc) is 2.08. The van der Waals surface area contributed by atoms with Crippen LogP contribution >= 0.6 is 74.4 Å². The summed E-state index contributed by atoms with van der Waals surface area (Å²) in [5.74, 6) is 0. The van der Waals surface area contributed by atoms with Crippen LogP contribution in [0.4, 0.5) is 0 Å². The number of halogens is 6. The zero-order valence-electron chi connectivity index (χ0n) is 16.5. The van der Waals surface area contributed by atoms with Crippen molar-refractivity contribution in [3.63, 3.8) is 0 Å². The van der Waals surface area contributed by atoms with Crippen molar-refractivity contribution in [3.05, 3.63) is 0 Å². The predicted octanol–water partition coefficient (Wildman–Crippen LogP) is -1.28. The normalized spacial score (nSPS) is 5.67. The van der Waals surface area contributed by atoms with Gasteiger partial charge in [0.1, 0.15) is 0 Å². The van der Waals surface area contributed by atoms with E-state index >= 15 is 0 Å². The first-order chi connectivity index (χ1) is 10.4. The molecule has 0 aromatic carbocycles. The van der Waals surface area contributed by atoms with Crippen LogP contribution in [0.3, 0.4) is 0 Å². The van der Waals surface area contributed by atoms with Crippen molar-refractivity contribution in [1.29, 1.82) is 0 Å². The van der Waals surface area contributed by atoms with Crippen LogP contribution in [0.15, 0.2) is 0 Å². The minimum atomic E-state index is -3.96. The molecule has 0 radical (unpaired) electrons. The van der Waals surface area contributed by atoms with E-state index in [1.54, 1.807) is 0 Å². The maximum atomic E-state index is 8.71. The molecule has 0 aliphatic carbocycles. The molecule has 0 aromatic rings. The molecule has 0 saturated carbocycles. The number of hydrogen-bond donors (Lipinski definition) is 12. The zero-order chi connectivity index (χ0) is 21.5. The van der Waals surface area contributed by atoms with E-state index in [0.717, 1.165) is 0 Å². The van der Waals surface area contributed by atoms with Crippen molar-refractivity contribution in [3.8, 4) is 0 Å². The van der Waals surface area contributed by atoms with E-state index in [4.69, 9.17) is 64.6 Å². The van der Waals surface area contributed by atoms with Crippen LogP contribution in [0.1, 0.15) is 0 Å². The molecular formula is H30Cl6N6O18Re6. The zero-order valence-corrected chi connectivity index (χ0v) is 37.7. The Morgan fingerprint density at radius 3 is 0.222 bits per heavy atom. The molecule has 0 unspecified atom stereocenters. The fourth-order valence-corrected chi connectivity index (χ4v) is 0. The Bertz CT molecular complexity index is 510. The van der Waals surface area contributed by atoms with Crippen molar-refractivity contribution >= 4 is 74.4 Å². The summed E-state index contributed by atoms with van der Waals surface area (Å²) in [5, 5.41) is 0. The third-order valence-electron chi connectivity index (χ3n) is 0. The van der Waals surface area contributed by atoms with Crippen LogP contribution < -0.4 is 36.9 Å². The van der Waals surface area contributed by atoms with Gasteiger partial charge in [-0.25, -0.2) is 0 Å². The van der Waals surface area contributed by atoms with Gasteiger partial charge in [0.15, 0.2) is 0 Å². The molecule has 0 atom stereocenters. The summed E-state index contributed by atoms with van der Waals surface area (Å²) in [4.78, 5) is 0. The molecule has 0 spiro atoms. The first kappa shape index (κ1) is 128. The third-order valence-corrected chi connectivity index (χ3v) is 0. The predicted molar refractivity (Wildman–Crippen MR) is 95.2 cm³/mol. The Balaban J connectivity index is -0.00000000633. The summed E-state index contributed by atoms with van der Waals surface area (Å²) >= 11 is -23.8. The molecule has 0 aliphatic heterocycles. The molecular weight excluding hydrogens is 1700 g/mol. The minimum absolute atomic E-state index is 0. The number of rotatable bonds is 0. The topological polar surface area (TPSA) is 536 Å². The fourth-order valence-electron chi connectivity index (χ4n) is 0. The molecule has 36 heavy (non-hydrogen) atoms. The van der Waals surface area contributed by atoms with E-state index in [-0.39, 0.29) is 111 Å². The Labute approximate surface area is 274 Å². The van der Waals surface area contributed by atoms with Crippen molar-refractivity contribution in [2.24, 2.45) is 0 Å². The standard InChI is InChI=1S/6ClH.6H3N.6H2O.12O.6Re/h6*1H;6*1H3;6*1H2;;;;;;;;;;;;;;;;;;/q;;;;;;;;;;;;;;;;;;;;;;;;;;;;;;6*+1/p-6. The second-order valence-corrected chi connectivity index (χ2v) is 9.87. The van der Waals surface area contributed by atoms with Gasteiger partial charge in [-0.1, -0.05) is 0 Å². The van der Waals surface area contributed by atoms with E-state index in [1.165, 1.54) is 0 Å². The van der Waals surface area contributed by atoms with Gasteiger partial charge in [0.2, 0.25) is 0 Å². The third kappa shape index (κ3) is 5890. The van der Waals surface area contributed by atoms with Crippen molar-refractivity contribution in [2.75, 3.05) is 0 Å². The molecule has 0 aromatic heterocycles. The quantitative estimate of drug-likeness (QED) is 0.134. The molecule has 0 saturated heterocycles. The molecule has 0 bridgehead atoms. The van der Waals surface area contributed by atoms with Gasteiger partial charge in [-0.15, -0.1) is 74.4 Å². The van der Waals surface area contributed by atoms with Crippen LogP contribution in [0.25, 0.3) is 0 Å². The van der Waals surface area contributed by atoms with Crippen LogP contribution in [0.5, 0.6) is 0 Å². The summed E-state index contributed by atoms with van der Waals surface area (Å²) in [5.41, 5.74) is 0.